The zero-order valence-electron chi connectivity index (χ0n) is 11.9. The average Bonchev–Trinajstić information content (AvgIpc) is 2.49. The second-order valence-corrected chi connectivity index (χ2v) is 4.35. The number of para-hydroxylation sites is 1. The van der Waals surface area contributed by atoms with Crippen LogP contribution in [-0.2, 0) is 4.79 Å². The van der Waals surface area contributed by atoms with Gasteiger partial charge in [0.05, 0.1) is 12.8 Å². The fourth-order valence-electron chi connectivity index (χ4n) is 1.87. The minimum Gasteiger partial charge on any atom is -0.497 e. The number of nitrogens with one attached hydrogen (secondary N) is 1. The highest BCUT2D eigenvalue weighted by Gasteiger charge is 2.19. The molecule has 108 valence electrons. The summed E-state index contributed by atoms with van der Waals surface area (Å²) >= 11 is 0. The molecule has 0 fully saturated rings. The summed E-state index contributed by atoms with van der Waals surface area (Å²) in [6.45, 7) is 1.35. The van der Waals surface area contributed by atoms with Crippen LogP contribution in [0.2, 0.25) is 0 Å². The Morgan fingerprint density at radius 3 is 2.14 bits per heavy atom. The lowest BCUT2D eigenvalue weighted by atomic mass is 10.3. The van der Waals surface area contributed by atoms with Gasteiger partial charge >= 0.3 is 6.03 Å². The van der Waals surface area contributed by atoms with Gasteiger partial charge in [-0.3, -0.25) is 4.79 Å². The lowest BCUT2D eigenvalue weighted by Gasteiger charge is -2.19. The molecule has 0 heterocycles. The number of methoxy groups -OCH3 is 1. The second-order valence-electron chi connectivity index (χ2n) is 4.35. The van der Waals surface area contributed by atoms with Crippen molar-refractivity contribution in [2.24, 2.45) is 0 Å². The van der Waals surface area contributed by atoms with Crippen molar-refractivity contribution in [2.45, 2.75) is 6.92 Å². The first-order valence-electron chi connectivity index (χ1n) is 6.42. The average molecular weight is 284 g/mol. The van der Waals surface area contributed by atoms with Gasteiger partial charge in [-0.05, 0) is 36.4 Å². The van der Waals surface area contributed by atoms with E-state index in [4.69, 9.17) is 4.74 Å². The van der Waals surface area contributed by atoms with E-state index in [0.29, 0.717) is 17.1 Å². The number of hydrogen-bond donors (Lipinski definition) is 1. The molecule has 2 rings (SSSR count). The van der Waals surface area contributed by atoms with Crippen LogP contribution in [0.25, 0.3) is 0 Å². The number of ether oxygens (including phenoxy) is 1. The molecule has 0 bridgehead atoms. The third kappa shape index (κ3) is 3.60. The maximum atomic E-state index is 12.3. The van der Waals surface area contributed by atoms with Gasteiger partial charge in [0.25, 0.3) is 0 Å². The highest BCUT2D eigenvalue weighted by Crippen LogP contribution is 2.18. The summed E-state index contributed by atoms with van der Waals surface area (Å²) < 4.78 is 5.05. The standard InChI is InChI=1S/C16H16N2O3/c1-12(19)18(14-6-4-3-5-7-14)16(20)17-13-8-10-15(21-2)11-9-13/h3-11H,1-2H3,(H,17,20). The van der Waals surface area contributed by atoms with Crippen LogP contribution in [0.5, 0.6) is 5.75 Å². The number of nitrogens with zero attached hydrogens (tertiary/aromatic N) is 1. The maximum Gasteiger partial charge on any atom is 0.333 e. The van der Waals surface area contributed by atoms with Crippen LogP contribution in [0, 0.1) is 0 Å². The Morgan fingerprint density at radius 1 is 1.00 bits per heavy atom. The molecule has 21 heavy (non-hydrogen) atoms. The van der Waals surface area contributed by atoms with E-state index in [1.807, 2.05) is 6.07 Å². The molecule has 0 radical (unpaired) electrons. The molecule has 0 aliphatic carbocycles. The lowest BCUT2D eigenvalue weighted by molar-refractivity contribution is -0.115. The number of hydrogen-bond acceptors (Lipinski definition) is 3. The summed E-state index contributed by atoms with van der Waals surface area (Å²) in [6, 6.07) is 15.1. The number of rotatable bonds is 3. The van der Waals surface area contributed by atoms with Crippen molar-refractivity contribution in [2.75, 3.05) is 17.3 Å². The Balaban J connectivity index is 2.17. The van der Waals surface area contributed by atoms with Crippen molar-refractivity contribution < 1.29 is 14.3 Å². The molecule has 0 saturated heterocycles. The maximum absolute atomic E-state index is 12.3. The molecule has 5 nitrogen and oxygen atoms in total. The smallest absolute Gasteiger partial charge is 0.333 e. The highest BCUT2D eigenvalue weighted by atomic mass is 16.5. The molecule has 3 amide bonds. The number of carbonyl (C=O) groups excluding carboxylic acids is 2. The first-order chi connectivity index (χ1) is 10.1. The van der Waals surface area contributed by atoms with Crippen LogP contribution < -0.4 is 15.0 Å². The largest absolute Gasteiger partial charge is 0.497 e. The van der Waals surface area contributed by atoms with E-state index in [-0.39, 0.29) is 5.91 Å². The molecule has 5 heteroatoms. The molecule has 0 aliphatic heterocycles. The minimum atomic E-state index is -0.501. The van der Waals surface area contributed by atoms with Gasteiger partial charge in [-0.25, -0.2) is 9.69 Å². The Morgan fingerprint density at radius 2 is 1.62 bits per heavy atom. The SMILES string of the molecule is COc1ccc(NC(=O)N(C(C)=O)c2ccccc2)cc1. The number of urea groups is 1. The molecule has 1 N–H and O–H groups in total. The van der Waals surface area contributed by atoms with Crippen LogP contribution >= 0.6 is 0 Å². The van der Waals surface area contributed by atoms with Gasteiger partial charge < -0.3 is 10.1 Å². The van der Waals surface area contributed by atoms with Crippen molar-refractivity contribution in [1.29, 1.82) is 0 Å². The first kappa shape index (κ1) is 14.6. The number of amides is 3. The zero-order chi connectivity index (χ0) is 15.2. The lowest BCUT2D eigenvalue weighted by Crippen LogP contribution is -2.38. The zero-order valence-corrected chi connectivity index (χ0v) is 11.9. The van der Waals surface area contributed by atoms with Crippen LogP contribution in [0.1, 0.15) is 6.92 Å². The minimum absolute atomic E-state index is 0.354. The molecular formula is C16H16N2O3. The summed E-state index contributed by atoms with van der Waals surface area (Å²) in [5.74, 6) is 0.340. The van der Waals surface area contributed by atoms with E-state index in [2.05, 4.69) is 5.32 Å². The van der Waals surface area contributed by atoms with Gasteiger partial charge in [0.1, 0.15) is 5.75 Å². The Hall–Kier alpha value is -2.82. The number of imide groups is 1. The van der Waals surface area contributed by atoms with Crippen LogP contribution in [0.4, 0.5) is 16.2 Å². The normalized spacial score (nSPS) is 9.81. The molecule has 0 saturated carbocycles. The van der Waals surface area contributed by atoms with Crippen molar-refractivity contribution in [3.63, 3.8) is 0 Å². The third-order valence-corrected chi connectivity index (χ3v) is 2.87. The fourth-order valence-corrected chi connectivity index (χ4v) is 1.87. The molecule has 0 aliphatic rings. The highest BCUT2D eigenvalue weighted by molar-refractivity contribution is 6.17. The predicted octanol–water partition coefficient (Wildman–Crippen LogP) is 3.28. The topological polar surface area (TPSA) is 58.6 Å². The summed E-state index contributed by atoms with van der Waals surface area (Å²) in [5, 5.41) is 2.68. The molecular weight excluding hydrogens is 268 g/mol. The van der Waals surface area contributed by atoms with E-state index in [1.165, 1.54) is 6.92 Å². The summed E-state index contributed by atoms with van der Waals surface area (Å²) in [4.78, 5) is 25.1. The molecule has 2 aromatic carbocycles. The van der Waals surface area contributed by atoms with E-state index >= 15 is 0 Å². The van der Waals surface area contributed by atoms with Crippen molar-refractivity contribution in [1.82, 2.24) is 0 Å². The summed E-state index contributed by atoms with van der Waals surface area (Å²) in [5.41, 5.74) is 1.11. The second kappa shape index (κ2) is 6.56. The molecule has 0 unspecified atom stereocenters. The summed E-state index contributed by atoms with van der Waals surface area (Å²) in [7, 11) is 1.57. The van der Waals surface area contributed by atoms with Crippen LogP contribution in [0.15, 0.2) is 54.6 Å². The van der Waals surface area contributed by atoms with Crippen molar-refractivity contribution >= 4 is 23.3 Å². The Kier molecular flexibility index (Phi) is 4.56. The van der Waals surface area contributed by atoms with E-state index < -0.39 is 6.03 Å². The van der Waals surface area contributed by atoms with E-state index in [0.717, 1.165) is 4.90 Å². The van der Waals surface area contributed by atoms with Crippen LogP contribution in [0.3, 0.4) is 0 Å². The van der Waals surface area contributed by atoms with Gasteiger partial charge in [-0.15, -0.1) is 0 Å². The van der Waals surface area contributed by atoms with Gasteiger partial charge in [-0.1, -0.05) is 18.2 Å². The Bertz CT molecular complexity index is 624. The monoisotopic (exact) mass is 284 g/mol. The van der Waals surface area contributed by atoms with Crippen molar-refractivity contribution in [3.05, 3.63) is 54.6 Å². The molecule has 0 spiro atoms. The van der Waals surface area contributed by atoms with E-state index in [9.17, 15) is 9.59 Å². The van der Waals surface area contributed by atoms with Crippen LogP contribution in [-0.4, -0.2) is 19.0 Å². The number of anilines is 2. The third-order valence-electron chi connectivity index (χ3n) is 2.87. The quantitative estimate of drug-likeness (QED) is 0.941. The van der Waals surface area contributed by atoms with Gasteiger partial charge in [0.2, 0.25) is 5.91 Å². The Labute approximate surface area is 123 Å². The molecule has 2 aromatic rings. The predicted molar refractivity (Wildman–Crippen MR) is 81.6 cm³/mol. The van der Waals surface area contributed by atoms with Gasteiger partial charge in [0, 0.05) is 12.6 Å². The van der Waals surface area contributed by atoms with Gasteiger partial charge in [-0.2, -0.15) is 0 Å². The fraction of sp³-hybridized carbons (Fsp3) is 0.125. The number of carbonyl (C=O) groups is 2. The first-order valence-corrected chi connectivity index (χ1v) is 6.42. The molecule has 0 aromatic heterocycles. The number of benzene rings is 2. The summed E-state index contributed by atoms with van der Waals surface area (Å²) in [6.07, 6.45) is 0. The van der Waals surface area contributed by atoms with Gasteiger partial charge in [0.15, 0.2) is 0 Å². The molecule has 0 atom stereocenters. The van der Waals surface area contributed by atoms with Crippen molar-refractivity contribution in [3.8, 4) is 5.75 Å². The van der Waals surface area contributed by atoms with E-state index in [1.54, 1.807) is 55.6 Å².